The Hall–Kier alpha value is -1.10. The quantitative estimate of drug-likeness (QED) is 0.743. The average Bonchev–Trinajstić information content (AvgIpc) is 2.34. The topological polar surface area (TPSA) is 69.6 Å². The summed E-state index contributed by atoms with van der Waals surface area (Å²) in [7, 11) is 0. The molecule has 2 aliphatic rings. The van der Waals surface area contributed by atoms with Gasteiger partial charge in [-0.15, -0.1) is 0 Å². The number of likely N-dealkylation sites (tertiary alicyclic amines) is 1. The molecule has 2 atom stereocenters. The summed E-state index contributed by atoms with van der Waals surface area (Å²) >= 11 is 0. The molecule has 0 aromatic carbocycles. The van der Waals surface area contributed by atoms with Crippen LogP contribution in [-0.4, -0.2) is 47.1 Å². The summed E-state index contributed by atoms with van der Waals surface area (Å²) in [5, 5.41) is 13.0. The number of aliphatic hydroxyl groups is 1. The third-order valence-corrected chi connectivity index (χ3v) is 4.27. The maximum absolute atomic E-state index is 11.9. The molecule has 102 valence electrons. The molecule has 0 bridgehead atoms. The summed E-state index contributed by atoms with van der Waals surface area (Å²) < 4.78 is 0. The fraction of sp³-hybridized carbons (Fsp3) is 0.846. The van der Waals surface area contributed by atoms with Gasteiger partial charge in [-0.25, -0.2) is 0 Å². The molecule has 2 fully saturated rings. The highest BCUT2D eigenvalue weighted by atomic mass is 16.3. The van der Waals surface area contributed by atoms with Crippen molar-refractivity contribution in [2.45, 2.75) is 44.6 Å². The minimum absolute atomic E-state index is 0.0437. The van der Waals surface area contributed by atoms with Crippen LogP contribution < -0.4 is 5.32 Å². The second-order valence-corrected chi connectivity index (χ2v) is 5.55. The van der Waals surface area contributed by atoms with Gasteiger partial charge in [0.15, 0.2) is 0 Å². The number of carbonyl (C=O) groups is 2. The van der Waals surface area contributed by atoms with Crippen LogP contribution in [0.25, 0.3) is 0 Å². The predicted octanol–water partition coefficient (Wildman–Crippen LogP) is 0.276. The summed E-state index contributed by atoms with van der Waals surface area (Å²) in [5.41, 5.74) is -0.553. The van der Waals surface area contributed by atoms with E-state index in [9.17, 15) is 14.7 Å². The zero-order valence-corrected chi connectivity index (χ0v) is 10.9. The van der Waals surface area contributed by atoms with E-state index in [1.165, 1.54) is 6.92 Å². The van der Waals surface area contributed by atoms with E-state index in [0.717, 1.165) is 25.7 Å². The highest BCUT2D eigenvalue weighted by Crippen LogP contribution is 2.39. The van der Waals surface area contributed by atoms with Crippen molar-refractivity contribution in [3.8, 4) is 0 Å². The van der Waals surface area contributed by atoms with Crippen molar-refractivity contribution in [2.24, 2.45) is 5.92 Å². The van der Waals surface area contributed by atoms with Gasteiger partial charge in [0.25, 0.3) is 0 Å². The van der Waals surface area contributed by atoms with Gasteiger partial charge in [-0.2, -0.15) is 0 Å². The van der Waals surface area contributed by atoms with Crippen molar-refractivity contribution in [3.05, 3.63) is 0 Å². The normalized spacial score (nSPS) is 31.7. The van der Waals surface area contributed by atoms with Gasteiger partial charge in [0.1, 0.15) is 0 Å². The van der Waals surface area contributed by atoms with Crippen molar-refractivity contribution < 1.29 is 14.7 Å². The van der Waals surface area contributed by atoms with Gasteiger partial charge >= 0.3 is 0 Å². The number of rotatable bonds is 2. The van der Waals surface area contributed by atoms with Crippen molar-refractivity contribution in [2.75, 3.05) is 19.6 Å². The predicted molar refractivity (Wildman–Crippen MR) is 66.8 cm³/mol. The average molecular weight is 254 g/mol. The minimum atomic E-state index is -0.553. The standard InChI is InChI=1S/C13H22N2O3/c1-10(16)14-8-12(17)15-7-6-13(18)5-3-2-4-11(13)9-15/h11,18H,2-9H2,1H3,(H,14,16). The Balaban J connectivity index is 1.90. The summed E-state index contributed by atoms with van der Waals surface area (Å²) in [5.74, 6) is -0.0198. The Labute approximate surface area is 108 Å². The minimum Gasteiger partial charge on any atom is -0.389 e. The number of amides is 2. The number of nitrogens with zero attached hydrogens (tertiary/aromatic N) is 1. The van der Waals surface area contributed by atoms with E-state index >= 15 is 0 Å². The van der Waals surface area contributed by atoms with E-state index in [1.807, 2.05) is 0 Å². The fourth-order valence-electron chi connectivity index (χ4n) is 3.11. The van der Waals surface area contributed by atoms with Gasteiger partial charge in [0, 0.05) is 25.9 Å². The highest BCUT2D eigenvalue weighted by Gasteiger charge is 2.43. The van der Waals surface area contributed by atoms with Crippen LogP contribution in [-0.2, 0) is 9.59 Å². The number of carbonyl (C=O) groups excluding carboxylic acids is 2. The second kappa shape index (κ2) is 5.26. The van der Waals surface area contributed by atoms with E-state index in [4.69, 9.17) is 0 Å². The SMILES string of the molecule is CC(=O)NCC(=O)N1CCC2(O)CCCCC2C1. The van der Waals surface area contributed by atoms with Crippen LogP contribution in [0.1, 0.15) is 39.0 Å². The molecule has 0 spiro atoms. The summed E-state index contributed by atoms with van der Waals surface area (Å²) in [6.07, 6.45) is 4.77. The molecular weight excluding hydrogens is 232 g/mol. The molecule has 2 unspecified atom stereocenters. The van der Waals surface area contributed by atoms with Crippen LogP contribution in [0.3, 0.4) is 0 Å². The molecule has 1 aliphatic heterocycles. The Bertz CT molecular complexity index is 345. The zero-order valence-electron chi connectivity index (χ0n) is 10.9. The van der Waals surface area contributed by atoms with Crippen LogP contribution in [0.2, 0.25) is 0 Å². The monoisotopic (exact) mass is 254 g/mol. The number of hydrogen-bond donors (Lipinski definition) is 2. The molecule has 0 aromatic heterocycles. The van der Waals surface area contributed by atoms with E-state index < -0.39 is 5.60 Å². The van der Waals surface area contributed by atoms with Crippen LogP contribution in [0, 0.1) is 5.92 Å². The molecule has 1 heterocycles. The van der Waals surface area contributed by atoms with Crippen LogP contribution >= 0.6 is 0 Å². The fourth-order valence-corrected chi connectivity index (χ4v) is 3.11. The lowest BCUT2D eigenvalue weighted by molar-refractivity contribution is -0.143. The lowest BCUT2D eigenvalue weighted by atomic mass is 9.71. The van der Waals surface area contributed by atoms with Gasteiger partial charge < -0.3 is 15.3 Å². The Morgan fingerprint density at radius 1 is 1.39 bits per heavy atom. The van der Waals surface area contributed by atoms with E-state index in [0.29, 0.717) is 19.5 Å². The Morgan fingerprint density at radius 3 is 2.89 bits per heavy atom. The molecule has 5 heteroatoms. The number of nitrogens with one attached hydrogen (secondary N) is 1. The molecule has 1 saturated carbocycles. The van der Waals surface area contributed by atoms with Gasteiger partial charge in [0.2, 0.25) is 11.8 Å². The molecule has 5 nitrogen and oxygen atoms in total. The van der Waals surface area contributed by atoms with Crippen LogP contribution in [0.4, 0.5) is 0 Å². The van der Waals surface area contributed by atoms with Gasteiger partial charge in [0.05, 0.1) is 12.1 Å². The third-order valence-electron chi connectivity index (χ3n) is 4.27. The summed E-state index contributed by atoms with van der Waals surface area (Å²) in [6, 6.07) is 0. The van der Waals surface area contributed by atoms with Gasteiger partial charge in [-0.3, -0.25) is 9.59 Å². The maximum atomic E-state index is 11.9. The summed E-state index contributed by atoms with van der Waals surface area (Å²) in [6.45, 7) is 2.71. The number of piperidine rings is 1. The smallest absolute Gasteiger partial charge is 0.241 e. The Kier molecular flexibility index (Phi) is 3.90. The maximum Gasteiger partial charge on any atom is 0.241 e. The molecule has 18 heavy (non-hydrogen) atoms. The lowest BCUT2D eigenvalue weighted by Crippen LogP contribution is -2.55. The van der Waals surface area contributed by atoms with Crippen LogP contribution in [0.15, 0.2) is 0 Å². The largest absolute Gasteiger partial charge is 0.389 e. The molecule has 0 radical (unpaired) electrons. The first-order valence-corrected chi connectivity index (χ1v) is 6.76. The van der Waals surface area contributed by atoms with Gasteiger partial charge in [-0.1, -0.05) is 12.8 Å². The molecule has 1 aliphatic carbocycles. The van der Waals surface area contributed by atoms with E-state index in [-0.39, 0.29) is 24.3 Å². The zero-order chi connectivity index (χ0) is 13.2. The lowest BCUT2D eigenvalue weighted by Gasteiger charge is -2.47. The molecular formula is C13H22N2O3. The first-order chi connectivity index (χ1) is 8.51. The van der Waals surface area contributed by atoms with Gasteiger partial charge in [-0.05, 0) is 19.3 Å². The molecule has 2 N–H and O–H groups in total. The first-order valence-electron chi connectivity index (χ1n) is 6.76. The second-order valence-electron chi connectivity index (χ2n) is 5.55. The van der Waals surface area contributed by atoms with Crippen molar-refractivity contribution in [3.63, 3.8) is 0 Å². The van der Waals surface area contributed by atoms with E-state index in [1.54, 1.807) is 4.90 Å². The molecule has 1 saturated heterocycles. The van der Waals surface area contributed by atoms with Crippen molar-refractivity contribution in [1.29, 1.82) is 0 Å². The Morgan fingerprint density at radius 2 is 2.17 bits per heavy atom. The number of fused-ring (bicyclic) bond motifs is 1. The number of hydrogen-bond acceptors (Lipinski definition) is 3. The summed E-state index contributed by atoms with van der Waals surface area (Å²) in [4.78, 5) is 24.5. The molecule has 2 amide bonds. The van der Waals surface area contributed by atoms with Crippen molar-refractivity contribution >= 4 is 11.8 Å². The van der Waals surface area contributed by atoms with Crippen LogP contribution in [0.5, 0.6) is 0 Å². The van der Waals surface area contributed by atoms with Crippen molar-refractivity contribution in [1.82, 2.24) is 10.2 Å². The first kappa shape index (κ1) is 13.3. The van der Waals surface area contributed by atoms with E-state index in [2.05, 4.69) is 5.32 Å². The highest BCUT2D eigenvalue weighted by molar-refractivity contribution is 5.83. The molecule has 2 rings (SSSR count). The third kappa shape index (κ3) is 2.83. The molecule has 0 aromatic rings.